The summed E-state index contributed by atoms with van der Waals surface area (Å²) in [6, 6.07) is 2.83. The summed E-state index contributed by atoms with van der Waals surface area (Å²) in [5, 5.41) is 17.1. The Morgan fingerprint density at radius 1 is 1.44 bits per heavy atom. The first-order valence-electron chi connectivity index (χ1n) is 10.8. The molecule has 1 aliphatic rings. The molecule has 0 aliphatic carbocycles. The van der Waals surface area contributed by atoms with Gasteiger partial charge in [0.2, 0.25) is 0 Å². The van der Waals surface area contributed by atoms with E-state index in [4.69, 9.17) is 19.7 Å². The molecule has 11 nitrogen and oxygen atoms in total. The number of hydrogen-bond donors (Lipinski definition) is 3. The van der Waals surface area contributed by atoms with Crippen molar-refractivity contribution in [2.24, 2.45) is 0 Å². The second-order valence-electron chi connectivity index (χ2n) is 7.80. The number of nitrogens with one attached hydrogen (secondary N) is 1. The Morgan fingerprint density at radius 3 is 3.03 bits per heavy atom. The Balaban J connectivity index is 1.44. The Bertz CT molecular complexity index is 925. The molecule has 0 aromatic carbocycles. The predicted octanol–water partition coefficient (Wildman–Crippen LogP) is 2.28. The highest BCUT2D eigenvalue weighted by Gasteiger charge is 2.39. The number of anilines is 1. The third kappa shape index (κ3) is 6.20. The molecule has 0 spiro atoms. The molecule has 5 atom stereocenters. The number of nitrogens with two attached hydrogens (primary N) is 1. The third-order valence-electron chi connectivity index (χ3n) is 5.32. The molecule has 0 saturated carbocycles. The molecule has 12 heteroatoms. The topological polar surface area (TPSA) is 150 Å². The fourth-order valence-corrected chi connectivity index (χ4v) is 4.28. The highest BCUT2D eigenvalue weighted by Crippen LogP contribution is 2.35. The predicted molar refractivity (Wildman–Crippen MR) is 117 cm³/mol. The number of nitrogen functional groups attached to an aromatic ring is 1. The maximum absolute atomic E-state index is 12.2. The van der Waals surface area contributed by atoms with Gasteiger partial charge in [-0.1, -0.05) is 31.3 Å². The Hall–Kier alpha value is -2.17. The number of unbranched alkanes of at least 4 members (excludes halogenated alkanes) is 3. The first-order valence-corrected chi connectivity index (χ1v) is 12.0. The molecular formula is C20H31N5O6P+. The van der Waals surface area contributed by atoms with Gasteiger partial charge in [0.05, 0.1) is 18.4 Å². The van der Waals surface area contributed by atoms with Crippen LogP contribution in [0.1, 0.15) is 57.7 Å². The van der Waals surface area contributed by atoms with Gasteiger partial charge < -0.3 is 20.3 Å². The molecule has 0 radical (unpaired) electrons. The minimum absolute atomic E-state index is 0.0981. The van der Waals surface area contributed by atoms with E-state index in [0.29, 0.717) is 24.4 Å². The van der Waals surface area contributed by atoms with Crippen molar-refractivity contribution in [2.75, 3.05) is 18.9 Å². The van der Waals surface area contributed by atoms with Gasteiger partial charge in [0.25, 0.3) is 0 Å². The number of nitrogens with zero attached hydrogens (tertiary/aromatic N) is 3. The fourth-order valence-electron chi connectivity index (χ4n) is 3.50. The number of aromatic nitrogens is 3. The minimum Gasteiger partial charge on any atom is -0.464 e. The SMILES string of the molecule is CCCCCCOC(=O)[C@H](C)N[P+](=O)OC[C@H]1O[C@@H](c2ccc3c(N)ncnn23)C[C@@H]1O. The molecule has 3 rings (SSSR count). The van der Waals surface area contributed by atoms with Crippen LogP contribution in [0.2, 0.25) is 0 Å². The zero-order chi connectivity index (χ0) is 23.1. The largest absolute Gasteiger partial charge is 0.613 e. The smallest absolute Gasteiger partial charge is 0.464 e. The number of rotatable bonds is 12. The van der Waals surface area contributed by atoms with Crippen molar-refractivity contribution in [1.29, 1.82) is 0 Å². The maximum atomic E-state index is 12.2. The molecule has 0 bridgehead atoms. The van der Waals surface area contributed by atoms with Gasteiger partial charge in [-0.3, -0.25) is 4.79 Å². The number of carbonyl (C=O) groups is 1. The lowest BCUT2D eigenvalue weighted by Crippen LogP contribution is -2.32. The van der Waals surface area contributed by atoms with Crippen LogP contribution in [0.5, 0.6) is 0 Å². The Labute approximate surface area is 187 Å². The van der Waals surface area contributed by atoms with E-state index in [0.717, 1.165) is 31.4 Å². The van der Waals surface area contributed by atoms with E-state index < -0.39 is 38.5 Å². The second kappa shape index (κ2) is 11.6. The lowest BCUT2D eigenvalue weighted by atomic mass is 10.1. The van der Waals surface area contributed by atoms with Crippen LogP contribution < -0.4 is 10.8 Å². The average molecular weight is 468 g/mol. The van der Waals surface area contributed by atoms with Crippen LogP contribution in [0.3, 0.4) is 0 Å². The Kier molecular flexibility index (Phi) is 8.89. The highest BCUT2D eigenvalue weighted by molar-refractivity contribution is 7.36. The summed E-state index contributed by atoms with van der Waals surface area (Å²) >= 11 is 0. The van der Waals surface area contributed by atoms with Crippen LogP contribution >= 0.6 is 8.18 Å². The van der Waals surface area contributed by atoms with Crippen LogP contribution in [0, 0.1) is 0 Å². The zero-order valence-electron chi connectivity index (χ0n) is 18.3. The Morgan fingerprint density at radius 2 is 2.25 bits per heavy atom. The average Bonchev–Trinajstić information content (AvgIpc) is 3.36. The lowest BCUT2D eigenvalue weighted by Gasteiger charge is -2.12. The maximum Gasteiger partial charge on any atom is 0.613 e. The first-order chi connectivity index (χ1) is 15.4. The molecule has 2 aromatic heterocycles. The van der Waals surface area contributed by atoms with Crippen LogP contribution in [0.4, 0.5) is 5.82 Å². The monoisotopic (exact) mass is 468 g/mol. The molecule has 2 aromatic rings. The summed E-state index contributed by atoms with van der Waals surface area (Å²) in [4.78, 5) is 15.9. The first kappa shape index (κ1) is 24.5. The van der Waals surface area contributed by atoms with E-state index in [9.17, 15) is 14.5 Å². The molecule has 176 valence electrons. The van der Waals surface area contributed by atoms with Gasteiger partial charge in [0.1, 0.15) is 36.7 Å². The van der Waals surface area contributed by atoms with Crippen molar-refractivity contribution in [3.63, 3.8) is 0 Å². The van der Waals surface area contributed by atoms with E-state index >= 15 is 0 Å². The van der Waals surface area contributed by atoms with Crippen molar-refractivity contribution in [3.05, 3.63) is 24.2 Å². The summed E-state index contributed by atoms with van der Waals surface area (Å²) in [5.41, 5.74) is 7.24. The molecule has 0 amide bonds. The van der Waals surface area contributed by atoms with Gasteiger partial charge in [0, 0.05) is 6.42 Å². The van der Waals surface area contributed by atoms with Crippen molar-refractivity contribution < 1.29 is 28.5 Å². The number of fused-ring (bicyclic) bond motifs is 1. The van der Waals surface area contributed by atoms with Crippen molar-refractivity contribution in [2.45, 2.75) is 70.3 Å². The minimum atomic E-state index is -2.34. The fraction of sp³-hybridized carbons (Fsp3) is 0.650. The summed E-state index contributed by atoms with van der Waals surface area (Å²) in [5.74, 6) is -0.131. The van der Waals surface area contributed by atoms with E-state index in [-0.39, 0.29) is 6.61 Å². The van der Waals surface area contributed by atoms with Gasteiger partial charge in [-0.2, -0.15) is 5.10 Å². The van der Waals surface area contributed by atoms with Crippen LogP contribution in [-0.2, 0) is 23.4 Å². The molecule has 4 N–H and O–H groups in total. The number of ether oxygens (including phenoxy) is 2. The number of esters is 1. The molecule has 1 fully saturated rings. The second-order valence-corrected chi connectivity index (χ2v) is 8.83. The van der Waals surface area contributed by atoms with Crippen molar-refractivity contribution >= 4 is 25.5 Å². The van der Waals surface area contributed by atoms with E-state index in [2.05, 4.69) is 22.1 Å². The number of aliphatic hydroxyl groups excluding tert-OH is 1. The molecule has 1 aliphatic heterocycles. The van der Waals surface area contributed by atoms with Gasteiger partial charge in [-0.05, 0) is 30.0 Å². The number of hydrogen-bond acceptors (Lipinski definition) is 9. The van der Waals surface area contributed by atoms with Gasteiger partial charge in [-0.25, -0.2) is 9.50 Å². The summed E-state index contributed by atoms with van der Waals surface area (Å²) in [6.07, 6.45) is 3.79. The molecular weight excluding hydrogens is 437 g/mol. The summed E-state index contributed by atoms with van der Waals surface area (Å²) in [7, 11) is -2.34. The van der Waals surface area contributed by atoms with Crippen LogP contribution in [0.15, 0.2) is 18.5 Å². The quantitative estimate of drug-likeness (QED) is 0.240. The summed E-state index contributed by atoms with van der Waals surface area (Å²) in [6.45, 7) is 3.92. The standard InChI is InChI=1S/C20H31N5O6P/c1-3-4-5-6-9-29-20(27)13(2)24-32(28)30-11-18-16(26)10-17(31-18)14-7-8-15-19(21)22-12-23-25(14)15/h7-8,12-13,16-18,26H,3-6,9-11H2,1-2H3,(H,24,28)(H2,21,22,23)/q+1/t13-,16-,17+,18+/m0/s1. The van der Waals surface area contributed by atoms with Crippen molar-refractivity contribution in [1.82, 2.24) is 19.7 Å². The van der Waals surface area contributed by atoms with E-state index in [1.165, 1.54) is 6.33 Å². The number of carbonyl (C=O) groups excluding carboxylic acids is 1. The normalized spacial score (nSPS) is 22.2. The molecule has 32 heavy (non-hydrogen) atoms. The van der Waals surface area contributed by atoms with Crippen LogP contribution in [-0.4, -0.2) is 57.1 Å². The molecule has 1 saturated heterocycles. The summed E-state index contributed by atoms with van der Waals surface area (Å²) < 4.78 is 30.2. The van der Waals surface area contributed by atoms with E-state index in [1.54, 1.807) is 17.5 Å². The molecule has 1 unspecified atom stereocenters. The third-order valence-corrected chi connectivity index (χ3v) is 6.30. The number of aliphatic hydroxyl groups is 1. The highest BCUT2D eigenvalue weighted by atomic mass is 31.1. The van der Waals surface area contributed by atoms with Gasteiger partial charge >= 0.3 is 14.1 Å². The van der Waals surface area contributed by atoms with E-state index in [1.807, 2.05) is 6.07 Å². The van der Waals surface area contributed by atoms with Crippen molar-refractivity contribution in [3.8, 4) is 0 Å². The van der Waals surface area contributed by atoms with Gasteiger partial charge in [0.15, 0.2) is 5.82 Å². The van der Waals surface area contributed by atoms with Crippen LogP contribution in [0.25, 0.3) is 5.52 Å². The lowest BCUT2D eigenvalue weighted by molar-refractivity contribution is -0.145. The van der Waals surface area contributed by atoms with Gasteiger partial charge in [-0.15, -0.1) is 4.52 Å². The zero-order valence-corrected chi connectivity index (χ0v) is 19.2. The molecule has 3 heterocycles.